The van der Waals surface area contributed by atoms with E-state index in [0.29, 0.717) is 19.1 Å². The molecule has 3 aromatic rings. The Hall–Kier alpha value is -2.28. The quantitative estimate of drug-likeness (QED) is 0.220. The minimum atomic E-state index is -2.66. The molecule has 0 aromatic heterocycles. The zero-order valence-electron chi connectivity index (χ0n) is 26.6. The van der Waals surface area contributed by atoms with E-state index >= 15 is 0 Å². The molecule has 0 radical (unpaired) electrons. The topological polar surface area (TPSA) is 36.9 Å². The van der Waals surface area contributed by atoms with E-state index in [1.807, 2.05) is 0 Å². The lowest BCUT2D eigenvalue weighted by atomic mass is 9.81. The summed E-state index contributed by atoms with van der Waals surface area (Å²) in [4.78, 5) is 0. The van der Waals surface area contributed by atoms with Crippen molar-refractivity contribution >= 4 is 18.7 Å². The number of hydrogen-bond donors (Lipinski definition) is 0. The van der Waals surface area contributed by atoms with Crippen LogP contribution in [0.25, 0.3) is 0 Å². The molecule has 226 valence electrons. The lowest BCUT2D eigenvalue weighted by molar-refractivity contribution is -0.310. The Bertz CT molecular complexity index is 1220. The van der Waals surface area contributed by atoms with Crippen LogP contribution in [-0.4, -0.2) is 39.0 Å². The second-order valence-corrected chi connectivity index (χ2v) is 18.1. The minimum absolute atomic E-state index is 0.0445. The summed E-state index contributed by atoms with van der Waals surface area (Å²) >= 11 is 0. The Balaban J connectivity index is 1.45. The molecule has 0 spiro atoms. The Kier molecular flexibility index (Phi) is 9.46. The second-order valence-electron chi connectivity index (χ2n) is 13.8. The van der Waals surface area contributed by atoms with Crippen molar-refractivity contribution in [2.45, 2.75) is 97.1 Å². The summed E-state index contributed by atoms with van der Waals surface area (Å²) in [5.41, 5.74) is 1.18. The molecule has 0 aliphatic carbocycles. The maximum atomic E-state index is 7.39. The van der Waals surface area contributed by atoms with Crippen LogP contribution < -0.4 is 10.4 Å². The van der Waals surface area contributed by atoms with Gasteiger partial charge in [-0.1, -0.05) is 133 Å². The van der Waals surface area contributed by atoms with Crippen molar-refractivity contribution in [2.75, 3.05) is 6.61 Å². The van der Waals surface area contributed by atoms with Gasteiger partial charge in [0, 0.05) is 30.8 Å². The van der Waals surface area contributed by atoms with Gasteiger partial charge in [0.2, 0.25) is 0 Å². The summed E-state index contributed by atoms with van der Waals surface area (Å²) in [7, 11) is -2.66. The summed E-state index contributed by atoms with van der Waals surface area (Å²) < 4.78 is 27.3. The van der Waals surface area contributed by atoms with E-state index in [2.05, 4.69) is 139 Å². The van der Waals surface area contributed by atoms with Crippen LogP contribution in [0, 0.1) is 17.8 Å². The number of rotatable bonds is 11. The molecule has 2 saturated heterocycles. The SMILES string of the molecule is C[C@@H]([C@@H]1O[C@@]2(C)CC[C@H](O2)[C@H]1C)[C@H](OCc1ccccc1)[C@H](C)CO[Si](c1ccccc1)(c1ccccc1)C(C)(C)C. The molecule has 0 saturated carbocycles. The molecule has 42 heavy (non-hydrogen) atoms. The maximum absolute atomic E-state index is 7.39. The van der Waals surface area contributed by atoms with Gasteiger partial charge in [-0.15, -0.1) is 0 Å². The summed E-state index contributed by atoms with van der Waals surface area (Å²) in [6.45, 7) is 17.2. The fraction of sp³-hybridized carbons (Fsp3) is 0.514. The van der Waals surface area contributed by atoms with Gasteiger partial charge in [0.15, 0.2) is 5.79 Å². The number of ether oxygens (including phenoxy) is 3. The molecule has 0 N–H and O–H groups in total. The number of benzene rings is 3. The van der Waals surface area contributed by atoms with E-state index < -0.39 is 14.1 Å². The lowest BCUT2D eigenvalue weighted by Crippen LogP contribution is -2.67. The average Bonchev–Trinajstić information content (AvgIpc) is 3.33. The van der Waals surface area contributed by atoms with Gasteiger partial charge in [-0.2, -0.15) is 0 Å². The van der Waals surface area contributed by atoms with Crippen molar-refractivity contribution < 1.29 is 18.6 Å². The van der Waals surface area contributed by atoms with E-state index in [9.17, 15) is 0 Å². The minimum Gasteiger partial charge on any atom is -0.407 e. The molecule has 5 heteroatoms. The van der Waals surface area contributed by atoms with E-state index in [0.717, 1.165) is 12.8 Å². The van der Waals surface area contributed by atoms with Gasteiger partial charge in [-0.3, -0.25) is 0 Å². The third-order valence-electron chi connectivity index (χ3n) is 9.64. The third kappa shape index (κ3) is 6.32. The highest BCUT2D eigenvalue weighted by atomic mass is 28.4. The first-order valence-electron chi connectivity index (χ1n) is 15.8. The zero-order chi connectivity index (χ0) is 30.0. The Morgan fingerprint density at radius 2 is 1.40 bits per heavy atom. The largest absolute Gasteiger partial charge is 0.407 e. The fourth-order valence-electron chi connectivity index (χ4n) is 7.39. The van der Waals surface area contributed by atoms with Crippen LogP contribution in [0.3, 0.4) is 0 Å². The van der Waals surface area contributed by atoms with E-state index in [1.54, 1.807) is 0 Å². The Morgan fingerprint density at radius 3 is 1.95 bits per heavy atom. The molecule has 0 unspecified atom stereocenters. The van der Waals surface area contributed by atoms with Gasteiger partial charge < -0.3 is 18.6 Å². The van der Waals surface area contributed by atoms with Gasteiger partial charge in [-0.05, 0) is 34.3 Å². The predicted octanol–water partition coefficient (Wildman–Crippen LogP) is 7.35. The standard InChI is InChI=1S/C37H50O4Si/c1-27(25-39-42(36(4,5)6,31-19-13-9-14-20-31)32-21-15-10-16-22-32)34(38-26-30-17-11-8-12-18-30)29(3)35-28(2)33-23-24-37(7,40-33)41-35/h8-22,27-29,33-35H,23-26H2,1-7H3/t27-,28-,29-,33+,34-,35-,37+/m1/s1. The summed E-state index contributed by atoms with van der Waals surface area (Å²) in [5, 5.41) is 2.53. The van der Waals surface area contributed by atoms with Crippen molar-refractivity contribution in [1.82, 2.24) is 0 Å². The van der Waals surface area contributed by atoms with Crippen molar-refractivity contribution in [3.05, 3.63) is 96.6 Å². The highest BCUT2D eigenvalue weighted by Crippen LogP contribution is 2.46. The molecule has 2 heterocycles. The van der Waals surface area contributed by atoms with Gasteiger partial charge in [0.05, 0.1) is 24.9 Å². The molecule has 2 fully saturated rings. The van der Waals surface area contributed by atoms with Crippen molar-refractivity contribution in [1.29, 1.82) is 0 Å². The van der Waals surface area contributed by atoms with Crippen LogP contribution in [0.2, 0.25) is 5.04 Å². The summed E-state index contributed by atoms with van der Waals surface area (Å²) in [5.74, 6) is 0.136. The lowest BCUT2D eigenvalue weighted by Gasteiger charge is -2.46. The highest BCUT2D eigenvalue weighted by molar-refractivity contribution is 6.99. The molecule has 0 amide bonds. The van der Waals surface area contributed by atoms with Gasteiger partial charge in [-0.25, -0.2) is 0 Å². The second kappa shape index (κ2) is 12.8. The molecule has 2 aliphatic rings. The van der Waals surface area contributed by atoms with Crippen LogP contribution >= 0.6 is 0 Å². The monoisotopic (exact) mass is 586 g/mol. The smallest absolute Gasteiger partial charge is 0.261 e. The van der Waals surface area contributed by atoms with E-state index in [4.69, 9.17) is 18.6 Å². The molecule has 7 atom stereocenters. The predicted molar refractivity (Wildman–Crippen MR) is 173 cm³/mol. The first-order chi connectivity index (χ1) is 20.0. The Morgan fingerprint density at radius 1 is 0.857 bits per heavy atom. The molecule has 4 nitrogen and oxygen atoms in total. The molecule has 2 bridgehead atoms. The molecule has 5 rings (SSSR count). The first-order valence-corrected chi connectivity index (χ1v) is 17.7. The molecular weight excluding hydrogens is 536 g/mol. The van der Waals surface area contributed by atoms with Gasteiger partial charge in [0.25, 0.3) is 8.32 Å². The molecule has 3 aromatic carbocycles. The first kappa shape index (κ1) is 31.2. The van der Waals surface area contributed by atoms with E-state index in [-0.39, 0.29) is 35.2 Å². The van der Waals surface area contributed by atoms with Gasteiger partial charge in [0.1, 0.15) is 0 Å². The van der Waals surface area contributed by atoms with Crippen molar-refractivity contribution in [3.8, 4) is 0 Å². The van der Waals surface area contributed by atoms with Crippen LogP contribution in [0.5, 0.6) is 0 Å². The normalized spacial score (nSPS) is 26.5. The number of hydrogen-bond acceptors (Lipinski definition) is 4. The van der Waals surface area contributed by atoms with E-state index in [1.165, 1.54) is 15.9 Å². The van der Waals surface area contributed by atoms with Crippen molar-refractivity contribution in [3.63, 3.8) is 0 Å². The van der Waals surface area contributed by atoms with Crippen LogP contribution in [0.1, 0.15) is 66.9 Å². The van der Waals surface area contributed by atoms with Gasteiger partial charge >= 0.3 is 0 Å². The average molecular weight is 587 g/mol. The van der Waals surface area contributed by atoms with Crippen LogP contribution in [-0.2, 0) is 25.2 Å². The van der Waals surface area contributed by atoms with Crippen LogP contribution in [0.4, 0.5) is 0 Å². The third-order valence-corrected chi connectivity index (χ3v) is 14.6. The maximum Gasteiger partial charge on any atom is 0.261 e. The number of fused-ring (bicyclic) bond motifs is 2. The fourth-order valence-corrected chi connectivity index (χ4v) is 12.1. The molecular formula is C37H50O4Si. The highest BCUT2D eigenvalue weighted by Gasteiger charge is 2.53. The van der Waals surface area contributed by atoms with Crippen LogP contribution in [0.15, 0.2) is 91.0 Å². The Labute approximate surface area is 254 Å². The molecule has 2 aliphatic heterocycles. The summed E-state index contributed by atoms with van der Waals surface area (Å²) in [6, 6.07) is 32.3. The summed E-state index contributed by atoms with van der Waals surface area (Å²) in [6.07, 6.45) is 2.27. The zero-order valence-corrected chi connectivity index (χ0v) is 27.6. The van der Waals surface area contributed by atoms with Crippen molar-refractivity contribution in [2.24, 2.45) is 17.8 Å².